The molecule has 0 saturated heterocycles. The van der Waals surface area contributed by atoms with Gasteiger partial charge in [0, 0.05) is 18.1 Å². The van der Waals surface area contributed by atoms with E-state index < -0.39 is 10.1 Å². The third-order valence-corrected chi connectivity index (χ3v) is 6.62. The molecule has 2 aromatic rings. The van der Waals surface area contributed by atoms with Gasteiger partial charge in [-0.15, -0.1) is 0 Å². The fourth-order valence-electron chi connectivity index (χ4n) is 3.03. The Morgan fingerprint density at radius 1 is 1.19 bits per heavy atom. The van der Waals surface area contributed by atoms with Crippen LogP contribution in [0.5, 0.6) is 5.75 Å². The molecule has 1 N–H and O–H groups in total. The zero-order valence-corrected chi connectivity index (χ0v) is 20.5. The van der Waals surface area contributed by atoms with Gasteiger partial charge < -0.3 is 14.4 Å². The van der Waals surface area contributed by atoms with Crippen LogP contribution >= 0.6 is 11.6 Å². The molecule has 1 unspecified atom stereocenters. The van der Waals surface area contributed by atoms with Crippen molar-refractivity contribution in [2.45, 2.75) is 71.0 Å². The lowest BCUT2D eigenvalue weighted by Crippen LogP contribution is -2.50. The molecule has 0 aliphatic carbocycles. The second kappa shape index (κ2) is 9.92. The maximum Gasteiger partial charge on any atom is 0.340 e. The maximum absolute atomic E-state index is 12.8. The summed E-state index contributed by atoms with van der Waals surface area (Å²) in [6, 6.07) is 11.4. The lowest BCUT2D eigenvalue weighted by molar-refractivity contribution is 0.165. The van der Waals surface area contributed by atoms with Gasteiger partial charge in [-0.05, 0) is 70.4 Å². The van der Waals surface area contributed by atoms with Crippen molar-refractivity contribution in [3.05, 3.63) is 58.6 Å². The van der Waals surface area contributed by atoms with Crippen LogP contribution in [0, 0.1) is 6.92 Å². The highest BCUT2D eigenvalue weighted by Crippen LogP contribution is 2.28. The SMILES string of the molecule is CCC(C)N(Cc1cccc(OS(=O)(=O)c2c(C)cccc2Cl)c1)C(=O)NC(C)(C)C. The van der Waals surface area contributed by atoms with Crippen LogP contribution in [-0.4, -0.2) is 30.9 Å². The van der Waals surface area contributed by atoms with Crippen molar-refractivity contribution in [1.82, 2.24) is 10.2 Å². The average molecular weight is 467 g/mol. The van der Waals surface area contributed by atoms with Gasteiger partial charge in [0.15, 0.2) is 0 Å². The minimum Gasteiger partial charge on any atom is -0.379 e. The Labute approximate surface area is 190 Å². The maximum atomic E-state index is 12.8. The molecule has 0 bridgehead atoms. The molecule has 6 nitrogen and oxygen atoms in total. The molecular formula is C23H31ClN2O4S. The summed E-state index contributed by atoms with van der Waals surface area (Å²) >= 11 is 6.11. The van der Waals surface area contributed by atoms with Gasteiger partial charge in [-0.3, -0.25) is 0 Å². The van der Waals surface area contributed by atoms with Crippen LogP contribution in [0.1, 0.15) is 52.2 Å². The Morgan fingerprint density at radius 2 is 1.84 bits per heavy atom. The van der Waals surface area contributed by atoms with E-state index in [1.807, 2.05) is 40.7 Å². The summed E-state index contributed by atoms with van der Waals surface area (Å²) in [5, 5.41) is 3.10. The molecule has 0 heterocycles. The molecule has 0 aliphatic heterocycles. The van der Waals surface area contributed by atoms with Crippen molar-refractivity contribution < 1.29 is 17.4 Å². The predicted molar refractivity (Wildman–Crippen MR) is 124 cm³/mol. The zero-order valence-electron chi connectivity index (χ0n) is 18.9. The Morgan fingerprint density at radius 3 is 2.42 bits per heavy atom. The van der Waals surface area contributed by atoms with Crippen LogP contribution in [0.15, 0.2) is 47.4 Å². The number of hydrogen-bond donors (Lipinski definition) is 1. The largest absolute Gasteiger partial charge is 0.379 e. The Kier molecular flexibility index (Phi) is 8.00. The van der Waals surface area contributed by atoms with Crippen molar-refractivity contribution in [2.24, 2.45) is 0 Å². The molecule has 31 heavy (non-hydrogen) atoms. The quantitative estimate of drug-likeness (QED) is 0.544. The van der Waals surface area contributed by atoms with Crippen LogP contribution in [0.2, 0.25) is 5.02 Å². The van der Waals surface area contributed by atoms with E-state index in [1.54, 1.807) is 42.2 Å². The highest BCUT2D eigenvalue weighted by Gasteiger charge is 2.25. The third kappa shape index (κ3) is 6.87. The summed E-state index contributed by atoms with van der Waals surface area (Å²) in [5.41, 5.74) is 0.896. The number of aryl methyl sites for hydroxylation is 1. The Balaban J connectivity index is 2.28. The summed E-state index contributed by atoms with van der Waals surface area (Å²) in [4.78, 5) is 14.5. The number of urea groups is 1. The lowest BCUT2D eigenvalue weighted by atomic mass is 10.1. The van der Waals surface area contributed by atoms with Crippen LogP contribution in [-0.2, 0) is 16.7 Å². The Hall–Kier alpha value is -2.25. The lowest BCUT2D eigenvalue weighted by Gasteiger charge is -2.32. The summed E-state index contributed by atoms with van der Waals surface area (Å²) in [6.45, 7) is 11.8. The normalized spacial score (nSPS) is 12.9. The molecular weight excluding hydrogens is 436 g/mol. The van der Waals surface area contributed by atoms with Gasteiger partial charge in [-0.1, -0.05) is 42.8 Å². The second-order valence-corrected chi connectivity index (χ2v) is 10.5. The number of carbonyl (C=O) groups excluding carboxylic acids is 1. The first-order chi connectivity index (χ1) is 14.3. The number of halogens is 1. The average Bonchev–Trinajstić information content (AvgIpc) is 2.63. The van der Waals surface area contributed by atoms with Gasteiger partial charge in [-0.25, -0.2) is 4.79 Å². The number of hydrogen-bond acceptors (Lipinski definition) is 4. The van der Waals surface area contributed by atoms with Gasteiger partial charge in [0.1, 0.15) is 10.6 Å². The molecule has 0 fully saturated rings. The minimum absolute atomic E-state index is 0.00133. The fourth-order valence-corrected chi connectivity index (χ4v) is 4.75. The minimum atomic E-state index is -4.11. The topological polar surface area (TPSA) is 75.7 Å². The molecule has 2 rings (SSSR count). The third-order valence-electron chi connectivity index (χ3n) is 4.74. The van der Waals surface area contributed by atoms with Crippen LogP contribution in [0.4, 0.5) is 4.79 Å². The molecule has 170 valence electrons. The van der Waals surface area contributed by atoms with E-state index in [-0.39, 0.29) is 33.3 Å². The van der Waals surface area contributed by atoms with E-state index in [0.29, 0.717) is 12.1 Å². The van der Waals surface area contributed by atoms with Crippen molar-refractivity contribution in [3.63, 3.8) is 0 Å². The van der Waals surface area contributed by atoms with Crippen molar-refractivity contribution in [1.29, 1.82) is 0 Å². The van der Waals surface area contributed by atoms with E-state index in [2.05, 4.69) is 5.32 Å². The molecule has 1 atom stereocenters. The van der Waals surface area contributed by atoms with Gasteiger partial charge in [-0.2, -0.15) is 8.42 Å². The summed E-state index contributed by atoms with van der Waals surface area (Å²) in [6.07, 6.45) is 0.786. The molecule has 8 heteroatoms. The number of carbonyl (C=O) groups is 1. The highest BCUT2D eigenvalue weighted by atomic mass is 35.5. The number of benzene rings is 2. The van der Waals surface area contributed by atoms with Crippen LogP contribution < -0.4 is 9.50 Å². The van der Waals surface area contributed by atoms with Crippen molar-refractivity contribution >= 4 is 27.8 Å². The van der Waals surface area contributed by atoms with E-state index in [9.17, 15) is 13.2 Å². The number of amides is 2. The van der Waals surface area contributed by atoms with E-state index in [0.717, 1.165) is 12.0 Å². The summed E-state index contributed by atoms with van der Waals surface area (Å²) in [5.74, 6) is 0.164. The summed E-state index contributed by atoms with van der Waals surface area (Å²) in [7, 11) is -4.11. The first-order valence-corrected chi connectivity index (χ1v) is 12.0. The van der Waals surface area contributed by atoms with Crippen molar-refractivity contribution in [3.8, 4) is 5.75 Å². The molecule has 0 aromatic heterocycles. The standard InChI is InChI=1S/C23H31ClN2O4S/c1-7-17(3)26(22(27)25-23(4,5)6)15-18-11-9-12-19(14-18)30-31(28,29)21-16(2)10-8-13-20(21)24/h8-14,17H,7,15H2,1-6H3,(H,25,27). The number of nitrogens with zero attached hydrogens (tertiary/aromatic N) is 1. The number of nitrogens with one attached hydrogen (secondary N) is 1. The van der Waals surface area contributed by atoms with E-state index >= 15 is 0 Å². The molecule has 0 radical (unpaired) electrons. The highest BCUT2D eigenvalue weighted by molar-refractivity contribution is 7.87. The monoisotopic (exact) mass is 466 g/mol. The molecule has 0 saturated carbocycles. The first-order valence-electron chi connectivity index (χ1n) is 10.2. The van der Waals surface area contributed by atoms with Crippen LogP contribution in [0.25, 0.3) is 0 Å². The second-order valence-electron chi connectivity index (χ2n) is 8.64. The van der Waals surface area contributed by atoms with E-state index in [1.165, 1.54) is 6.07 Å². The molecule has 2 aromatic carbocycles. The van der Waals surface area contributed by atoms with Gasteiger partial charge in [0.25, 0.3) is 0 Å². The summed E-state index contributed by atoms with van der Waals surface area (Å²) < 4.78 is 31.0. The van der Waals surface area contributed by atoms with Gasteiger partial charge >= 0.3 is 16.1 Å². The van der Waals surface area contributed by atoms with Crippen LogP contribution in [0.3, 0.4) is 0 Å². The smallest absolute Gasteiger partial charge is 0.340 e. The predicted octanol–water partition coefficient (Wildman–Crippen LogP) is 5.52. The zero-order chi connectivity index (χ0) is 23.4. The molecule has 0 spiro atoms. The van der Waals surface area contributed by atoms with Gasteiger partial charge in [0.2, 0.25) is 0 Å². The van der Waals surface area contributed by atoms with Gasteiger partial charge in [0.05, 0.1) is 5.02 Å². The van der Waals surface area contributed by atoms with Crippen molar-refractivity contribution in [2.75, 3.05) is 0 Å². The molecule has 0 aliphatic rings. The molecule has 2 amide bonds. The first kappa shape index (κ1) is 25.0. The van der Waals surface area contributed by atoms with E-state index in [4.69, 9.17) is 15.8 Å². The fraction of sp³-hybridized carbons (Fsp3) is 0.435. The Bertz CT molecular complexity index is 1010. The number of rotatable bonds is 7.